The fourth-order valence-corrected chi connectivity index (χ4v) is 2.74. The van der Waals surface area contributed by atoms with Gasteiger partial charge in [0.2, 0.25) is 0 Å². The maximum absolute atomic E-state index is 6.13. The van der Waals surface area contributed by atoms with Crippen LogP contribution in [0.4, 0.5) is 0 Å². The largest absolute Gasteiger partial charge is 0.377 e. The zero-order chi connectivity index (χ0) is 11.6. The molecule has 1 saturated heterocycles. The molecule has 0 bridgehead atoms. The molecule has 0 spiro atoms. The Balaban J connectivity index is 1.87. The van der Waals surface area contributed by atoms with Crippen LogP contribution >= 0.6 is 11.3 Å². The number of ether oxygens (including phenoxy) is 1. The van der Waals surface area contributed by atoms with Crippen molar-refractivity contribution in [2.75, 3.05) is 13.2 Å². The van der Waals surface area contributed by atoms with Crippen LogP contribution in [-0.4, -0.2) is 24.8 Å². The van der Waals surface area contributed by atoms with Crippen LogP contribution < -0.4 is 11.1 Å². The molecule has 0 aromatic carbocycles. The van der Waals surface area contributed by atoms with Crippen molar-refractivity contribution in [2.24, 2.45) is 5.73 Å². The van der Waals surface area contributed by atoms with Crippen LogP contribution in [0.25, 0.3) is 0 Å². The molecule has 90 valence electrons. The highest BCUT2D eigenvalue weighted by molar-refractivity contribution is 7.10. The van der Waals surface area contributed by atoms with Crippen molar-refractivity contribution in [2.45, 2.75) is 38.0 Å². The monoisotopic (exact) mass is 240 g/mol. The number of hydrogen-bond donors (Lipinski definition) is 2. The van der Waals surface area contributed by atoms with Gasteiger partial charge in [-0.05, 0) is 31.7 Å². The van der Waals surface area contributed by atoms with Crippen LogP contribution in [0.1, 0.15) is 31.2 Å². The molecular weight excluding hydrogens is 220 g/mol. The van der Waals surface area contributed by atoms with Gasteiger partial charge in [-0.2, -0.15) is 0 Å². The van der Waals surface area contributed by atoms with Gasteiger partial charge < -0.3 is 15.8 Å². The number of hydrogen-bond acceptors (Lipinski definition) is 4. The van der Waals surface area contributed by atoms with Crippen molar-refractivity contribution >= 4 is 11.3 Å². The lowest BCUT2D eigenvalue weighted by atomic mass is 9.94. The Morgan fingerprint density at radius 1 is 1.75 bits per heavy atom. The Morgan fingerprint density at radius 2 is 2.56 bits per heavy atom. The highest BCUT2D eigenvalue weighted by Crippen LogP contribution is 2.26. The second kappa shape index (κ2) is 4.84. The van der Waals surface area contributed by atoms with Gasteiger partial charge in [-0.25, -0.2) is 0 Å². The number of nitrogens with two attached hydrogens (primary N) is 1. The first-order valence-electron chi connectivity index (χ1n) is 5.77. The first-order valence-corrected chi connectivity index (χ1v) is 6.65. The molecule has 1 aliphatic heterocycles. The molecule has 1 aromatic heterocycles. The average molecular weight is 240 g/mol. The molecule has 1 aromatic rings. The Labute approximate surface area is 101 Å². The van der Waals surface area contributed by atoms with E-state index in [0.29, 0.717) is 0 Å². The molecule has 3 unspecified atom stereocenters. The van der Waals surface area contributed by atoms with E-state index in [0.717, 1.165) is 19.6 Å². The van der Waals surface area contributed by atoms with Gasteiger partial charge in [-0.3, -0.25) is 0 Å². The zero-order valence-corrected chi connectivity index (χ0v) is 10.7. The van der Waals surface area contributed by atoms with Gasteiger partial charge in [0.15, 0.2) is 0 Å². The van der Waals surface area contributed by atoms with Gasteiger partial charge in [-0.1, -0.05) is 6.07 Å². The summed E-state index contributed by atoms with van der Waals surface area (Å²) >= 11 is 1.72. The van der Waals surface area contributed by atoms with Crippen molar-refractivity contribution < 1.29 is 4.74 Å². The van der Waals surface area contributed by atoms with Crippen LogP contribution in [-0.2, 0) is 4.74 Å². The van der Waals surface area contributed by atoms with Gasteiger partial charge in [-0.15, -0.1) is 11.3 Å². The second-order valence-corrected chi connectivity index (χ2v) is 5.66. The van der Waals surface area contributed by atoms with Crippen LogP contribution in [0.3, 0.4) is 0 Å². The summed E-state index contributed by atoms with van der Waals surface area (Å²) < 4.78 is 5.59. The van der Waals surface area contributed by atoms with E-state index in [-0.39, 0.29) is 17.7 Å². The summed E-state index contributed by atoms with van der Waals surface area (Å²) in [5.41, 5.74) is 6.21. The van der Waals surface area contributed by atoms with Crippen LogP contribution in [0.15, 0.2) is 17.5 Å². The van der Waals surface area contributed by atoms with Gasteiger partial charge in [0.25, 0.3) is 0 Å². The summed E-state index contributed by atoms with van der Waals surface area (Å²) in [5.74, 6) is 0. The van der Waals surface area contributed by atoms with Crippen LogP contribution in [0.5, 0.6) is 0 Å². The smallest absolute Gasteiger partial charge is 0.0726 e. The number of thiophene rings is 1. The van der Waals surface area contributed by atoms with Crippen molar-refractivity contribution in [3.05, 3.63) is 22.4 Å². The third-order valence-electron chi connectivity index (χ3n) is 3.52. The molecule has 1 aliphatic rings. The lowest BCUT2D eigenvalue weighted by molar-refractivity contribution is 0.0883. The molecule has 2 rings (SSSR count). The molecule has 3 N–H and O–H groups in total. The van der Waals surface area contributed by atoms with E-state index in [2.05, 4.69) is 30.6 Å². The Morgan fingerprint density at radius 3 is 3.12 bits per heavy atom. The third kappa shape index (κ3) is 2.46. The maximum atomic E-state index is 6.13. The van der Waals surface area contributed by atoms with Crippen molar-refractivity contribution in [1.82, 2.24) is 5.32 Å². The minimum Gasteiger partial charge on any atom is -0.377 e. The molecule has 4 heteroatoms. The normalized spacial score (nSPS) is 31.8. The Hall–Kier alpha value is -0.420. The summed E-state index contributed by atoms with van der Waals surface area (Å²) in [6, 6.07) is 4.22. The summed E-state index contributed by atoms with van der Waals surface area (Å²) in [7, 11) is 0. The summed E-state index contributed by atoms with van der Waals surface area (Å²) in [5, 5.41) is 5.62. The average Bonchev–Trinajstić information content (AvgIpc) is 2.87. The fraction of sp³-hybridized carbons (Fsp3) is 0.667. The molecule has 0 radical (unpaired) electrons. The van der Waals surface area contributed by atoms with E-state index in [1.54, 1.807) is 11.3 Å². The van der Waals surface area contributed by atoms with Crippen molar-refractivity contribution in [3.8, 4) is 0 Å². The second-order valence-electron chi connectivity index (χ2n) is 4.68. The predicted octanol–water partition coefficient (Wildman–Crippen LogP) is 1.91. The quantitative estimate of drug-likeness (QED) is 0.845. The molecule has 1 fully saturated rings. The molecule has 0 amide bonds. The number of nitrogens with one attached hydrogen (secondary N) is 1. The van der Waals surface area contributed by atoms with E-state index >= 15 is 0 Å². The lowest BCUT2D eigenvalue weighted by Crippen LogP contribution is -2.49. The summed E-state index contributed by atoms with van der Waals surface area (Å²) in [6.45, 7) is 5.99. The van der Waals surface area contributed by atoms with Crippen LogP contribution in [0.2, 0.25) is 0 Å². The van der Waals surface area contributed by atoms with E-state index in [4.69, 9.17) is 10.5 Å². The summed E-state index contributed by atoms with van der Waals surface area (Å²) in [6.07, 6.45) is 1.33. The first-order chi connectivity index (χ1) is 7.62. The fourth-order valence-electron chi connectivity index (χ4n) is 2.01. The zero-order valence-electron chi connectivity index (χ0n) is 9.90. The first kappa shape index (κ1) is 12.0. The minimum atomic E-state index is 0.0783. The van der Waals surface area contributed by atoms with E-state index in [1.165, 1.54) is 4.88 Å². The van der Waals surface area contributed by atoms with Crippen molar-refractivity contribution in [3.63, 3.8) is 0 Å². The standard InChI is InChI=1S/C12H20N2OS/c1-9-12(2,5-6-15-9)14-8-10(13)11-4-3-7-16-11/h3-4,7,9-10,14H,5-6,8,13H2,1-2H3. The highest BCUT2D eigenvalue weighted by atomic mass is 32.1. The lowest BCUT2D eigenvalue weighted by Gasteiger charge is -2.30. The predicted molar refractivity (Wildman–Crippen MR) is 67.7 cm³/mol. The van der Waals surface area contributed by atoms with E-state index in [1.807, 2.05) is 6.07 Å². The molecule has 3 nitrogen and oxygen atoms in total. The topological polar surface area (TPSA) is 47.3 Å². The van der Waals surface area contributed by atoms with Gasteiger partial charge >= 0.3 is 0 Å². The molecular formula is C12H20N2OS. The molecule has 2 heterocycles. The minimum absolute atomic E-state index is 0.0783. The maximum Gasteiger partial charge on any atom is 0.0726 e. The van der Waals surface area contributed by atoms with Gasteiger partial charge in [0.1, 0.15) is 0 Å². The molecule has 0 saturated carbocycles. The van der Waals surface area contributed by atoms with Gasteiger partial charge in [0.05, 0.1) is 12.1 Å². The summed E-state index contributed by atoms with van der Waals surface area (Å²) in [4.78, 5) is 1.24. The SMILES string of the molecule is CC1OCCC1(C)NCC(N)c1cccs1. The molecule has 16 heavy (non-hydrogen) atoms. The highest BCUT2D eigenvalue weighted by Gasteiger charge is 2.36. The Kier molecular flexibility index (Phi) is 3.64. The van der Waals surface area contributed by atoms with E-state index < -0.39 is 0 Å². The Bertz CT molecular complexity index is 328. The van der Waals surface area contributed by atoms with Crippen molar-refractivity contribution in [1.29, 1.82) is 0 Å². The molecule has 0 aliphatic carbocycles. The van der Waals surface area contributed by atoms with Crippen LogP contribution in [0, 0.1) is 0 Å². The van der Waals surface area contributed by atoms with Gasteiger partial charge in [0, 0.05) is 23.6 Å². The number of rotatable bonds is 4. The van der Waals surface area contributed by atoms with E-state index in [9.17, 15) is 0 Å². The molecule has 3 atom stereocenters. The third-order valence-corrected chi connectivity index (χ3v) is 4.53.